The molecule has 0 aliphatic carbocycles. The van der Waals surface area contributed by atoms with Crippen molar-refractivity contribution in [3.63, 3.8) is 0 Å². The summed E-state index contributed by atoms with van der Waals surface area (Å²) in [6, 6.07) is 10.0. The molecule has 0 bridgehead atoms. The predicted molar refractivity (Wildman–Crippen MR) is 80.4 cm³/mol. The summed E-state index contributed by atoms with van der Waals surface area (Å²) in [6.07, 6.45) is 3.40. The molecule has 2 aromatic rings. The van der Waals surface area contributed by atoms with E-state index in [1.54, 1.807) is 18.4 Å². The van der Waals surface area contributed by atoms with Crippen molar-refractivity contribution in [2.24, 2.45) is 0 Å². The Hall–Kier alpha value is -2.14. The number of carbonyl (C=O) groups excluding carboxylic acids is 1. The van der Waals surface area contributed by atoms with Gasteiger partial charge in [0.1, 0.15) is 11.6 Å². The van der Waals surface area contributed by atoms with Crippen LogP contribution in [0.25, 0.3) is 0 Å². The van der Waals surface area contributed by atoms with Gasteiger partial charge >= 0.3 is 0 Å². The summed E-state index contributed by atoms with van der Waals surface area (Å²) in [7, 11) is 0. The van der Waals surface area contributed by atoms with Gasteiger partial charge in [-0.15, -0.1) is 0 Å². The lowest BCUT2D eigenvalue weighted by molar-refractivity contribution is -0.125. The third-order valence-corrected chi connectivity index (χ3v) is 3.96. The maximum Gasteiger partial charge on any atom is 0.237 e. The first-order chi connectivity index (χ1) is 10.7. The van der Waals surface area contributed by atoms with Gasteiger partial charge in [-0.2, -0.15) is 0 Å². The van der Waals surface area contributed by atoms with Crippen LogP contribution in [-0.2, 0) is 17.9 Å². The SMILES string of the molecule is O=C(NCc1ccco1)C1CCCN1Cc1cccc(F)c1. The standard InChI is InChI=1S/C17H19FN2O2/c18-14-5-1-4-13(10-14)12-20-8-2-7-16(20)17(21)19-11-15-6-3-9-22-15/h1,3-6,9-10,16H,2,7-8,11-12H2,(H,19,21). The highest BCUT2D eigenvalue weighted by Crippen LogP contribution is 2.20. The maximum atomic E-state index is 13.3. The van der Waals surface area contributed by atoms with Gasteiger partial charge in [0.15, 0.2) is 0 Å². The summed E-state index contributed by atoms with van der Waals surface area (Å²) in [5, 5.41) is 2.91. The molecular formula is C17H19FN2O2. The van der Waals surface area contributed by atoms with Crippen LogP contribution in [0.4, 0.5) is 4.39 Å². The van der Waals surface area contributed by atoms with Crippen molar-refractivity contribution in [2.75, 3.05) is 6.54 Å². The second-order valence-corrected chi connectivity index (χ2v) is 5.56. The number of furan rings is 1. The van der Waals surface area contributed by atoms with Crippen LogP contribution in [0.15, 0.2) is 47.1 Å². The monoisotopic (exact) mass is 302 g/mol. The van der Waals surface area contributed by atoms with Crippen molar-refractivity contribution in [3.05, 3.63) is 59.8 Å². The fraction of sp³-hybridized carbons (Fsp3) is 0.353. The largest absolute Gasteiger partial charge is 0.467 e. The van der Waals surface area contributed by atoms with Crippen LogP contribution in [-0.4, -0.2) is 23.4 Å². The molecule has 0 saturated carbocycles. The molecule has 1 atom stereocenters. The summed E-state index contributed by atoms with van der Waals surface area (Å²) in [5.74, 6) is 0.504. The van der Waals surface area contributed by atoms with Crippen molar-refractivity contribution in [1.29, 1.82) is 0 Å². The minimum absolute atomic E-state index is 0.00491. The molecule has 2 heterocycles. The average molecular weight is 302 g/mol. The van der Waals surface area contributed by atoms with Gasteiger partial charge in [0, 0.05) is 6.54 Å². The average Bonchev–Trinajstić information content (AvgIpc) is 3.16. The molecule has 4 nitrogen and oxygen atoms in total. The lowest BCUT2D eigenvalue weighted by Crippen LogP contribution is -2.42. The van der Waals surface area contributed by atoms with Crippen molar-refractivity contribution in [2.45, 2.75) is 32.0 Å². The Balaban J connectivity index is 1.58. The first kappa shape index (κ1) is 14.8. The molecule has 5 heteroatoms. The van der Waals surface area contributed by atoms with E-state index in [0.29, 0.717) is 13.1 Å². The molecule has 1 aliphatic rings. The minimum atomic E-state index is -0.240. The quantitative estimate of drug-likeness (QED) is 0.923. The molecule has 1 fully saturated rings. The van der Waals surface area contributed by atoms with Crippen LogP contribution >= 0.6 is 0 Å². The zero-order valence-electron chi connectivity index (χ0n) is 12.3. The Bertz CT molecular complexity index is 627. The van der Waals surface area contributed by atoms with Crippen molar-refractivity contribution in [1.82, 2.24) is 10.2 Å². The second-order valence-electron chi connectivity index (χ2n) is 5.56. The Morgan fingerprint density at radius 3 is 3.05 bits per heavy atom. The number of benzene rings is 1. The van der Waals surface area contributed by atoms with Gasteiger partial charge in [-0.1, -0.05) is 12.1 Å². The second kappa shape index (κ2) is 6.75. The third kappa shape index (κ3) is 3.54. The molecule has 1 aromatic carbocycles. The fourth-order valence-corrected chi connectivity index (χ4v) is 2.89. The number of nitrogens with one attached hydrogen (secondary N) is 1. The van der Waals surface area contributed by atoms with E-state index in [-0.39, 0.29) is 17.8 Å². The first-order valence-corrected chi connectivity index (χ1v) is 7.51. The topological polar surface area (TPSA) is 45.5 Å². The summed E-state index contributed by atoms with van der Waals surface area (Å²) in [6.45, 7) is 1.85. The number of nitrogens with zero attached hydrogens (tertiary/aromatic N) is 1. The Labute approximate surface area is 128 Å². The van der Waals surface area contributed by atoms with Crippen LogP contribution in [0.5, 0.6) is 0 Å². The molecule has 22 heavy (non-hydrogen) atoms. The van der Waals surface area contributed by atoms with Gasteiger partial charge in [0.2, 0.25) is 5.91 Å². The van der Waals surface area contributed by atoms with Crippen LogP contribution in [0.3, 0.4) is 0 Å². The maximum absolute atomic E-state index is 13.3. The lowest BCUT2D eigenvalue weighted by Gasteiger charge is -2.23. The fourth-order valence-electron chi connectivity index (χ4n) is 2.89. The van der Waals surface area contributed by atoms with Crippen molar-refractivity contribution < 1.29 is 13.6 Å². The highest BCUT2D eigenvalue weighted by molar-refractivity contribution is 5.81. The molecule has 1 unspecified atom stereocenters. The van der Waals surface area contributed by atoms with Gasteiger partial charge < -0.3 is 9.73 Å². The van der Waals surface area contributed by atoms with Gasteiger partial charge in [0.05, 0.1) is 18.8 Å². The highest BCUT2D eigenvalue weighted by Gasteiger charge is 2.30. The number of amides is 1. The zero-order valence-corrected chi connectivity index (χ0v) is 12.3. The van der Waals surface area contributed by atoms with E-state index in [1.165, 1.54) is 12.1 Å². The number of likely N-dealkylation sites (tertiary alicyclic amines) is 1. The predicted octanol–water partition coefficient (Wildman–Crippen LogP) is 2.70. The number of hydrogen-bond donors (Lipinski definition) is 1. The molecule has 1 saturated heterocycles. The van der Waals surface area contributed by atoms with Crippen molar-refractivity contribution in [3.8, 4) is 0 Å². The van der Waals surface area contributed by atoms with Crippen LogP contribution in [0, 0.1) is 5.82 Å². The third-order valence-electron chi connectivity index (χ3n) is 3.96. The molecule has 3 rings (SSSR count). The van der Waals surface area contributed by atoms with Crippen LogP contribution in [0.2, 0.25) is 0 Å². The Kier molecular flexibility index (Phi) is 4.53. The molecule has 0 spiro atoms. The van der Waals surface area contributed by atoms with E-state index in [2.05, 4.69) is 10.2 Å². The molecule has 1 N–H and O–H groups in total. The molecule has 1 aromatic heterocycles. The van der Waals surface area contributed by atoms with E-state index in [4.69, 9.17) is 4.42 Å². The van der Waals surface area contributed by atoms with E-state index in [9.17, 15) is 9.18 Å². The molecule has 116 valence electrons. The van der Waals surface area contributed by atoms with Gasteiger partial charge in [-0.25, -0.2) is 4.39 Å². The molecular weight excluding hydrogens is 283 g/mol. The van der Waals surface area contributed by atoms with Gasteiger partial charge in [-0.05, 0) is 49.2 Å². The Morgan fingerprint density at radius 1 is 1.36 bits per heavy atom. The molecule has 1 aliphatic heterocycles. The summed E-state index contributed by atoms with van der Waals surface area (Å²) in [4.78, 5) is 14.4. The number of halogens is 1. The van der Waals surface area contributed by atoms with E-state index >= 15 is 0 Å². The smallest absolute Gasteiger partial charge is 0.237 e. The Morgan fingerprint density at radius 2 is 2.27 bits per heavy atom. The minimum Gasteiger partial charge on any atom is -0.467 e. The number of hydrogen-bond acceptors (Lipinski definition) is 3. The lowest BCUT2D eigenvalue weighted by atomic mass is 10.1. The van der Waals surface area contributed by atoms with Crippen LogP contribution < -0.4 is 5.32 Å². The summed E-state index contributed by atoms with van der Waals surface area (Å²) < 4.78 is 18.5. The van der Waals surface area contributed by atoms with Crippen LogP contribution in [0.1, 0.15) is 24.2 Å². The normalized spacial score (nSPS) is 18.5. The molecule has 0 radical (unpaired) electrons. The summed E-state index contributed by atoms with van der Waals surface area (Å²) in [5.41, 5.74) is 0.894. The van der Waals surface area contributed by atoms with E-state index in [1.807, 2.05) is 12.1 Å². The van der Waals surface area contributed by atoms with E-state index < -0.39 is 0 Å². The van der Waals surface area contributed by atoms with Crippen molar-refractivity contribution >= 4 is 5.91 Å². The zero-order chi connectivity index (χ0) is 15.4. The molecule has 1 amide bonds. The first-order valence-electron chi connectivity index (χ1n) is 7.51. The van der Waals surface area contributed by atoms with Gasteiger partial charge in [-0.3, -0.25) is 9.69 Å². The van der Waals surface area contributed by atoms with E-state index in [0.717, 1.165) is 30.7 Å². The van der Waals surface area contributed by atoms with Gasteiger partial charge in [0.25, 0.3) is 0 Å². The highest BCUT2D eigenvalue weighted by atomic mass is 19.1. The summed E-state index contributed by atoms with van der Waals surface area (Å²) >= 11 is 0. The number of rotatable bonds is 5. The number of carbonyl (C=O) groups is 1.